The summed E-state index contributed by atoms with van der Waals surface area (Å²) in [6.45, 7) is 5.84. The minimum absolute atomic E-state index is 0.292. The van der Waals surface area contributed by atoms with E-state index in [2.05, 4.69) is 49.9 Å². The molecule has 0 N–H and O–H groups in total. The Bertz CT molecular complexity index is 526. The Hall–Kier alpha value is -1.54. The van der Waals surface area contributed by atoms with Crippen molar-refractivity contribution >= 4 is 23.0 Å². The summed E-state index contributed by atoms with van der Waals surface area (Å²) >= 11 is 1.33. The lowest BCUT2D eigenvalue weighted by Crippen LogP contribution is -1.99. The Morgan fingerprint density at radius 3 is 2.83 bits per heavy atom. The topological polar surface area (TPSA) is 17.1 Å². The van der Waals surface area contributed by atoms with Crippen molar-refractivity contribution in [1.29, 1.82) is 0 Å². The number of rotatable bonds is 4. The lowest BCUT2D eigenvalue weighted by Gasteiger charge is -2.11. The van der Waals surface area contributed by atoms with Gasteiger partial charge in [-0.15, -0.1) is 0 Å². The monoisotopic (exact) mass is 256 g/mol. The first kappa shape index (κ1) is 12.9. The van der Waals surface area contributed by atoms with Gasteiger partial charge in [0.15, 0.2) is 5.62 Å². The third-order valence-corrected chi connectivity index (χ3v) is 3.89. The summed E-state index contributed by atoms with van der Waals surface area (Å²) < 4.78 is 0. The van der Waals surface area contributed by atoms with Crippen LogP contribution in [0.15, 0.2) is 54.6 Å². The van der Waals surface area contributed by atoms with Crippen LogP contribution in [-0.2, 0) is 4.79 Å². The average molecular weight is 256 g/mol. The number of allylic oxidation sites excluding steroid dienone is 5. The van der Waals surface area contributed by atoms with Crippen molar-refractivity contribution in [3.05, 3.63) is 65.8 Å². The quantitative estimate of drug-likeness (QED) is 0.750. The molecule has 0 amide bonds. The lowest BCUT2D eigenvalue weighted by molar-refractivity contribution is 0.570. The molecule has 2 heteroatoms. The Kier molecular flexibility index (Phi) is 4.21. The van der Waals surface area contributed by atoms with Gasteiger partial charge in [0.2, 0.25) is 0 Å². The van der Waals surface area contributed by atoms with Gasteiger partial charge in [0, 0.05) is 11.7 Å². The standard InChI is InChI=1S/C16H16OS/c1-3-7-13-12(4-2)14-8-5-6-9-15(14)16(13)10-18-11-17/h3-9,11,16H,1,10H2,2H3/b12-4+,13-7+. The van der Waals surface area contributed by atoms with Gasteiger partial charge in [-0.1, -0.05) is 60.8 Å². The smallest absolute Gasteiger partial charge is 0.176 e. The van der Waals surface area contributed by atoms with E-state index in [1.165, 1.54) is 34.0 Å². The van der Waals surface area contributed by atoms with Crippen LogP contribution < -0.4 is 0 Å². The number of hydrogen-bond donors (Lipinski definition) is 0. The number of carbonyl (C=O) groups is 1. The molecule has 0 radical (unpaired) electrons. The molecule has 92 valence electrons. The van der Waals surface area contributed by atoms with Crippen LogP contribution in [0.5, 0.6) is 0 Å². The summed E-state index contributed by atoms with van der Waals surface area (Å²) in [6.07, 6.45) is 6.02. The van der Waals surface area contributed by atoms with Crippen LogP contribution in [0, 0.1) is 0 Å². The van der Waals surface area contributed by atoms with E-state index >= 15 is 0 Å². The third kappa shape index (κ3) is 2.21. The lowest BCUT2D eigenvalue weighted by atomic mass is 9.98. The molecule has 1 aromatic rings. The number of thioether (sulfide) groups is 1. The molecule has 1 aliphatic rings. The van der Waals surface area contributed by atoms with E-state index < -0.39 is 0 Å². The van der Waals surface area contributed by atoms with E-state index in [4.69, 9.17) is 0 Å². The zero-order valence-corrected chi connectivity index (χ0v) is 11.2. The molecule has 0 spiro atoms. The maximum atomic E-state index is 10.6. The summed E-state index contributed by atoms with van der Waals surface area (Å²) in [5.41, 5.74) is 6.05. The molecule has 1 aliphatic carbocycles. The van der Waals surface area contributed by atoms with E-state index in [1.807, 2.05) is 6.08 Å². The van der Waals surface area contributed by atoms with Crippen LogP contribution >= 0.6 is 11.8 Å². The zero-order chi connectivity index (χ0) is 13.0. The van der Waals surface area contributed by atoms with Gasteiger partial charge in [-0.2, -0.15) is 0 Å². The molecule has 1 aromatic carbocycles. The van der Waals surface area contributed by atoms with Crippen molar-refractivity contribution in [3.8, 4) is 0 Å². The van der Waals surface area contributed by atoms with Gasteiger partial charge in [0.05, 0.1) is 0 Å². The van der Waals surface area contributed by atoms with Crippen LogP contribution in [0.4, 0.5) is 0 Å². The molecule has 0 aromatic heterocycles. The average Bonchev–Trinajstić information content (AvgIpc) is 2.70. The van der Waals surface area contributed by atoms with Crippen molar-refractivity contribution in [2.24, 2.45) is 0 Å². The summed E-state index contributed by atoms with van der Waals surface area (Å²) in [5.74, 6) is 1.08. The van der Waals surface area contributed by atoms with Crippen molar-refractivity contribution in [2.75, 3.05) is 5.75 Å². The molecule has 0 heterocycles. The second-order valence-corrected chi connectivity index (χ2v) is 4.99. The van der Waals surface area contributed by atoms with Crippen LogP contribution in [0.25, 0.3) is 5.57 Å². The second kappa shape index (κ2) is 5.87. The van der Waals surface area contributed by atoms with Gasteiger partial charge in [0.1, 0.15) is 0 Å². The predicted octanol–water partition coefficient (Wildman–Crippen LogP) is 4.22. The van der Waals surface area contributed by atoms with E-state index in [0.29, 0.717) is 5.92 Å². The van der Waals surface area contributed by atoms with Gasteiger partial charge in [-0.05, 0) is 29.2 Å². The van der Waals surface area contributed by atoms with Gasteiger partial charge < -0.3 is 0 Å². The van der Waals surface area contributed by atoms with E-state index in [-0.39, 0.29) is 0 Å². The van der Waals surface area contributed by atoms with Crippen molar-refractivity contribution in [2.45, 2.75) is 12.8 Å². The summed E-state index contributed by atoms with van der Waals surface area (Å²) in [6, 6.07) is 8.41. The fourth-order valence-electron chi connectivity index (χ4n) is 2.53. The molecule has 1 unspecified atom stereocenters. The fraction of sp³-hybridized carbons (Fsp3) is 0.188. The molecule has 0 saturated heterocycles. The third-order valence-electron chi connectivity index (χ3n) is 3.23. The van der Waals surface area contributed by atoms with Crippen LogP contribution in [-0.4, -0.2) is 11.4 Å². The molecular formula is C16H16OS. The van der Waals surface area contributed by atoms with E-state index in [0.717, 1.165) is 11.4 Å². The Morgan fingerprint density at radius 1 is 1.39 bits per heavy atom. The van der Waals surface area contributed by atoms with Crippen molar-refractivity contribution < 1.29 is 4.79 Å². The molecule has 0 bridgehead atoms. The Balaban J connectivity index is 2.51. The highest BCUT2D eigenvalue weighted by Crippen LogP contribution is 2.46. The van der Waals surface area contributed by atoms with Crippen molar-refractivity contribution in [1.82, 2.24) is 0 Å². The van der Waals surface area contributed by atoms with Crippen molar-refractivity contribution in [3.63, 3.8) is 0 Å². The molecular weight excluding hydrogens is 240 g/mol. The molecule has 2 rings (SSSR count). The Labute approximate surface area is 112 Å². The zero-order valence-electron chi connectivity index (χ0n) is 10.4. The predicted molar refractivity (Wildman–Crippen MR) is 80.3 cm³/mol. The minimum atomic E-state index is 0.292. The highest BCUT2D eigenvalue weighted by molar-refractivity contribution is 8.11. The fourth-order valence-corrected chi connectivity index (χ4v) is 3.16. The summed E-state index contributed by atoms with van der Waals surface area (Å²) in [5, 5.41) is 0. The number of carbonyl (C=O) groups excluding carboxylic acids is 1. The number of fused-ring (bicyclic) bond motifs is 1. The Morgan fingerprint density at radius 2 is 2.17 bits per heavy atom. The first-order chi connectivity index (χ1) is 8.83. The van der Waals surface area contributed by atoms with E-state index in [1.54, 1.807) is 0 Å². The second-order valence-electron chi connectivity index (χ2n) is 4.13. The van der Waals surface area contributed by atoms with E-state index in [9.17, 15) is 4.79 Å². The first-order valence-electron chi connectivity index (χ1n) is 5.97. The summed E-state index contributed by atoms with van der Waals surface area (Å²) in [7, 11) is 0. The van der Waals surface area contributed by atoms with Crippen LogP contribution in [0.2, 0.25) is 0 Å². The van der Waals surface area contributed by atoms with Gasteiger partial charge in [-0.25, -0.2) is 0 Å². The summed E-state index contributed by atoms with van der Waals surface area (Å²) in [4.78, 5) is 10.6. The normalized spacial score (nSPS) is 22.2. The maximum absolute atomic E-state index is 10.6. The number of benzene rings is 1. The molecule has 18 heavy (non-hydrogen) atoms. The largest absolute Gasteiger partial charge is 0.291 e. The molecule has 1 atom stereocenters. The maximum Gasteiger partial charge on any atom is 0.176 e. The van der Waals surface area contributed by atoms with Crippen LogP contribution in [0.1, 0.15) is 24.0 Å². The first-order valence-corrected chi connectivity index (χ1v) is 7.02. The molecule has 0 aliphatic heterocycles. The number of hydrogen-bond acceptors (Lipinski definition) is 2. The SMILES string of the molecule is C=C/C=C1\C(=C/C)c2ccccc2C1CSC=O. The van der Waals surface area contributed by atoms with Gasteiger partial charge >= 0.3 is 0 Å². The highest BCUT2D eigenvalue weighted by atomic mass is 32.2. The molecule has 1 nitrogen and oxygen atoms in total. The highest BCUT2D eigenvalue weighted by Gasteiger charge is 2.29. The molecule has 0 saturated carbocycles. The molecule has 0 fully saturated rings. The van der Waals surface area contributed by atoms with Crippen LogP contribution in [0.3, 0.4) is 0 Å². The minimum Gasteiger partial charge on any atom is -0.291 e. The van der Waals surface area contributed by atoms with Gasteiger partial charge in [0.25, 0.3) is 0 Å². The van der Waals surface area contributed by atoms with Gasteiger partial charge in [-0.3, -0.25) is 4.79 Å².